The van der Waals surface area contributed by atoms with Gasteiger partial charge >= 0.3 is 0 Å². The number of nitrogens with zero attached hydrogens (tertiary/aromatic N) is 4. The maximum absolute atomic E-state index is 13.1. The number of aryl methyl sites for hydroxylation is 2. The Kier molecular flexibility index (Phi) is 6.61. The minimum Gasteiger partial charge on any atom is -0.496 e. The van der Waals surface area contributed by atoms with E-state index in [9.17, 15) is 4.79 Å². The highest BCUT2D eigenvalue weighted by Crippen LogP contribution is 2.28. The molecule has 0 bridgehead atoms. The number of carbonyl (C=O) groups excluding carboxylic acids is 1. The van der Waals surface area contributed by atoms with Crippen LogP contribution < -0.4 is 9.64 Å². The van der Waals surface area contributed by atoms with E-state index in [0.29, 0.717) is 43.9 Å². The fraction of sp³-hybridized carbons (Fsp3) is 0.320. The number of piperazine rings is 1. The molecule has 6 nitrogen and oxygen atoms in total. The van der Waals surface area contributed by atoms with Gasteiger partial charge in [-0.2, -0.15) is 0 Å². The average Bonchev–Trinajstić information content (AvgIpc) is 2.81. The normalized spacial score (nSPS) is 13.9. The van der Waals surface area contributed by atoms with Crippen LogP contribution >= 0.6 is 11.6 Å². The second-order valence-electron chi connectivity index (χ2n) is 7.91. The Morgan fingerprint density at radius 1 is 1.00 bits per heavy atom. The van der Waals surface area contributed by atoms with Crippen molar-refractivity contribution >= 4 is 23.3 Å². The maximum Gasteiger partial charge on any atom is 0.257 e. The van der Waals surface area contributed by atoms with E-state index in [1.165, 1.54) is 0 Å². The molecular weight excluding hydrogens is 424 g/mol. The van der Waals surface area contributed by atoms with Crippen LogP contribution in [0.5, 0.6) is 5.75 Å². The number of rotatable bonds is 5. The third kappa shape index (κ3) is 4.55. The fourth-order valence-corrected chi connectivity index (χ4v) is 4.33. The van der Waals surface area contributed by atoms with E-state index in [1.54, 1.807) is 7.11 Å². The minimum atomic E-state index is -0.00607. The molecule has 2 aromatic carbocycles. The highest BCUT2D eigenvalue weighted by Gasteiger charge is 2.26. The minimum absolute atomic E-state index is 0.00607. The number of halogens is 1. The van der Waals surface area contributed by atoms with Gasteiger partial charge in [-0.1, -0.05) is 41.9 Å². The third-order valence-electron chi connectivity index (χ3n) is 5.83. The van der Waals surface area contributed by atoms with E-state index in [2.05, 4.69) is 9.88 Å². The summed E-state index contributed by atoms with van der Waals surface area (Å²) in [5.74, 6) is 2.27. The van der Waals surface area contributed by atoms with E-state index < -0.39 is 0 Å². The van der Waals surface area contributed by atoms with E-state index >= 15 is 0 Å². The van der Waals surface area contributed by atoms with Crippen molar-refractivity contribution in [3.63, 3.8) is 0 Å². The van der Waals surface area contributed by atoms with Gasteiger partial charge in [-0.25, -0.2) is 9.97 Å². The summed E-state index contributed by atoms with van der Waals surface area (Å²) in [4.78, 5) is 26.6. The summed E-state index contributed by atoms with van der Waals surface area (Å²) in [7, 11) is 1.59. The first-order valence-corrected chi connectivity index (χ1v) is 11.1. The molecule has 32 heavy (non-hydrogen) atoms. The Labute approximate surface area is 193 Å². The predicted molar refractivity (Wildman–Crippen MR) is 127 cm³/mol. The summed E-state index contributed by atoms with van der Waals surface area (Å²) in [6, 6.07) is 15.2. The van der Waals surface area contributed by atoms with Gasteiger partial charge in [-0.05, 0) is 37.6 Å². The number of ether oxygens (including phenoxy) is 1. The zero-order valence-electron chi connectivity index (χ0n) is 18.6. The Morgan fingerprint density at radius 2 is 1.69 bits per heavy atom. The number of aromatic nitrogens is 2. The molecule has 3 aromatic rings. The summed E-state index contributed by atoms with van der Waals surface area (Å²) in [6.07, 6.45) is 0.668. The van der Waals surface area contributed by atoms with Crippen LogP contribution in [0, 0.1) is 13.8 Å². The van der Waals surface area contributed by atoms with Crippen LogP contribution in [0.25, 0.3) is 0 Å². The van der Waals surface area contributed by atoms with Crippen molar-refractivity contribution < 1.29 is 9.53 Å². The lowest BCUT2D eigenvalue weighted by Crippen LogP contribution is -2.49. The topological polar surface area (TPSA) is 58.6 Å². The van der Waals surface area contributed by atoms with Crippen molar-refractivity contribution in [2.24, 2.45) is 0 Å². The summed E-state index contributed by atoms with van der Waals surface area (Å²) < 4.78 is 5.37. The van der Waals surface area contributed by atoms with Crippen LogP contribution in [0.4, 0.5) is 5.82 Å². The molecule has 0 radical (unpaired) electrons. The number of carbonyl (C=O) groups is 1. The molecule has 1 aliphatic heterocycles. The summed E-state index contributed by atoms with van der Waals surface area (Å²) in [5, 5.41) is 0.741. The Morgan fingerprint density at radius 3 is 2.41 bits per heavy atom. The Balaban J connectivity index is 1.55. The predicted octanol–water partition coefficient (Wildman–Crippen LogP) is 4.31. The van der Waals surface area contributed by atoms with Gasteiger partial charge in [0, 0.05) is 48.9 Å². The van der Waals surface area contributed by atoms with E-state index in [4.69, 9.17) is 21.3 Å². The number of benzene rings is 2. The van der Waals surface area contributed by atoms with Gasteiger partial charge in [0.2, 0.25) is 0 Å². The van der Waals surface area contributed by atoms with Crippen molar-refractivity contribution in [2.45, 2.75) is 20.3 Å². The van der Waals surface area contributed by atoms with Gasteiger partial charge in [0.15, 0.2) is 0 Å². The van der Waals surface area contributed by atoms with Crippen LogP contribution in [-0.4, -0.2) is 54.1 Å². The van der Waals surface area contributed by atoms with Crippen molar-refractivity contribution in [2.75, 3.05) is 38.2 Å². The summed E-state index contributed by atoms with van der Waals surface area (Å²) in [6.45, 7) is 6.57. The van der Waals surface area contributed by atoms with Crippen molar-refractivity contribution in [1.82, 2.24) is 14.9 Å². The molecule has 0 aliphatic carbocycles. The molecule has 1 aliphatic rings. The first-order valence-electron chi connectivity index (χ1n) is 10.7. The molecule has 166 valence electrons. The van der Waals surface area contributed by atoms with Crippen LogP contribution in [0.3, 0.4) is 0 Å². The summed E-state index contributed by atoms with van der Waals surface area (Å²) in [5.41, 5.74) is 3.68. The highest BCUT2D eigenvalue weighted by molar-refractivity contribution is 6.31. The zero-order chi connectivity index (χ0) is 22.7. The van der Waals surface area contributed by atoms with Crippen molar-refractivity contribution in [1.29, 1.82) is 0 Å². The standard InChI is InChI=1S/C25H27ClN4O2/c1-17-21(16-19-8-4-6-10-22(19)26)24(28-18(2)27-17)29-12-14-30(15-13-29)25(31)20-9-5-7-11-23(20)32-3/h4-11H,12-16H2,1-3H3. The molecule has 7 heteroatoms. The van der Waals surface area contributed by atoms with Crippen LogP contribution in [-0.2, 0) is 6.42 Å². The van der Waals surface area contributed by atoms with Crippen LogP contribution in [0.15, 0.2) is 48.5 Å². The smallest absolute Gasteiger partial charge is 0.257 e. The van der Waals surface area contributed by atoms with Gasteiger partial charge in [0.05, 0.1) is 12.7 Å². The highest BCUT2D eigenvalue weighted by atomic mass is 35.5. The lowest BCUT2D eigenvalue weighted by Gasteiger charge is -2.36. The lowest BCUT2D eigenvalue weighted by atomic mass is 10.0. The Hall–Kier alpha value is -3.12. The van der Waals surface area contributed by atoms with E-state index in [1.807, 2.05) is 67.3 Å². The van der Waals surface area contributed by atoms with Crippen molar-refractivity contribution in [3.05, 3.63) is 81.8 Å². The fourth-order valence-electron chi connectivity index (χ4n) is 4.13. The molecule has 1 saturated heterocycles. The summed E-state index contributed by atoms with van der Waals surface area (Å²) >= 11 is 6.42. The van der Waals surface area contributed by atoms with Gasteiger partial charge in [0.1, 0.15) is 17.4 Å². The number of methoxy groups -OCH3 is 1. The van der Waals surface area contributed by atoms with Crippen LogP contribution in [0.1, 0.15) is 33.0 Å². The molecule has 0 unspecified atom stereocenters. The second-order valence-corrected chi connectivity index (χ2v) is 8.31. The van der Waals surface area contributed by atoms with Gasteiger partial charge in [-0.15, -0.1) is 0 Å². The number of anilines is 1. The molecule has 0 spiro atoms. The molecule has 0 N–H and O–H groups in total. The lowest BCUT2D eigenvalue weighted by molar-refractivity contribution is 0.0743. The third-order valence-corrected chi connectivity index (χ3v) is 6.20. The molecule has 1 amide bonds. The van der Waals surface area contributed by atoms with E-state index in [-0.39, 0.29) is 5.91 Å². The number of hydrogen-bond acceptors (Lipinski definition) is 5. The van der Waals surface area contributed by atoms with Crippen molar-refractivity contribution in [3.8, 4) is 5.75 Å². The monoisotopic (exact) mass is 450 g/mol. The molecule has 0 atom stereocenters. The SMILES string of the molecule is COc1ccccc1C(=O)N1CCN(c2nc(C)nc(C)c2Cc2ccccc2Cl)CC1. The van der Waals surface area contributed by atoms with Gasteiger partial charge < -0.3 is 14.5 Å². The van der Waals surface area contributed by atoms with Gasteiger partial charge in [-0.3, -0.25) is 4.79 Å². The number of amides is 1. The second kappa shape index (κ2) is 9.57. The molecule has 0 saturated carbocycles. The van der Waals surface area contributed by atoms with Crippen LogP contribution in [0.2, 0.25) is 5.02 Å². The molecule has 2 heterocycles. The number of hydrogen-bond donors (Lipinski definition) is 0. The quantitative estimate of drug-likeness (QED) is 0.579. The molecular formula is C25H27ClN4O2. The first-order chi connectivity index (χ1) is 15.5. The number of para-hydroxylation sites is 1. The molecule has 1 aromatic heterocycles. The zero-order valence-corrected chi connectivity index (χ0v) is 19.4. The first kappa shape index (κ1) is 22.1. The maximum atomic E-state index is 13.1. The largest absolute Gasteiger partial charge is 0.496 e. The van der Waals surface area contributed by atoms with E-state index in [0.717, 1.165) is 33.5 Å². The molecule has 1 fully saturated rings. The van der Waals surface area contributed by atoms with Gasteiger partial charge in [0.25, 0.3) is 5.91 Å². The Bertz CT molecular complexity index is 1130. The average molecular weight is 451 g/mol. The molecule has 4 rings (SSSR count).